The average molecular weight is 446 g/mol. The van der Waals surface area contributed by atoms with Crippen LogP contribution in [0.1, 0.15) is 5.56 Å². The molecule has 1 aromatic heterocycles. The van der Waals surface area contributed by atoms with Crippen LogP contribution in [-0.4, -0.2) is 42.4 Å². The monoisotopic (exact) mass is 445 g/mol. The Hall–Kier alpha value is -3.67. The van der Waals surface area contributed by atoms with E-state index in [2.05, 4.69) is 41.9 Å². The number of phenols is 1. The van der Waals surface area contributed by atoms with Crippen molar-refractivity contribution < 1.29 is 14.8 Å². The van der Waals surface area contributed by atoms with E-state index in [1.165, 1.54) is 0 Å². The Bertz CT molecular complexity index is 1050. The van der Waals surface area contributed by atoms with Crippen LogP contribution in [0.15, 0.2) is 52.0 Å². The SMILES string of the molecule is O=C(Cn1nnc(-c2ccccc2)n1)N/N=C\c1cc([N+](=O)[O-])cc(Br)c1O. The fourth-order valence-corrected chi connectivity index (χ4v) is 2.62. The first-order chi connectivity index (χ1) is 13.4. The maximum Gasteiger partial charge on any atom is 0.271 e. The number of amides is 1. The van der Waals surface area contributed by atoms with Gasteiger partial charge >= 0.3 is 0 Å². The highest BCUT2D eigenvalue weighted by Gasteiger charge is 2.14. The number of hydrogen-bond donors (Lipinski definition) is 2. The van der Waals surface area contributed by atoms with Gasteiger partial charge in [-0.2, -0.15) is 9.90 Å². The van der Waals surface area contributed by atoms with Gasteiger partial charge in [0.1, 0.15) is 12.3 Å². The number of aromatic hydroxyl groups is 1. The molecule has 1 amide bonds. The highest BCUT2D eigenvalue weighted by Crippen LogP contribution is 2.31. The summed E-state index contributed by atoms with van der Waals surface area (Å²) < 4.78 is 0.134. The van der Waals surface area contributed by atoms with Gasteiger partial charge in [0.2, 0.25) is 5.82 Å². The van der Waals surface area contributed by atoms with E-state index in [0.29, 0.717) is 5.82 Å². The summed E-state index contributed by atoms with van der Waals surface area (Å²) in [5.74, 6) is -0.408. The lowest BCUT2D eigenvalue weighted by Gasteiger charge is -2.02. The van der Waals surface area contributed by atoms with Crippen molar-refractivity contribution in [2.24, 2.45) is 5.10 Å². The molecule has 12 heteroatoms. The normalized spacial score (nSPS) is 10.9. The summed E-state index contributed by atoms with van der Waals surface area (Å²) in [6.07, 6.45) is 1.09. The molecule has 0 aliphatic carbocycles. The van der Waals surface area contributed by atoms with Crippen LogP contribution in [0.4, 0.5) is 5.69 Å². The zero-order chi connectivity index (χ0) is 20.1. The molecule has 28 heavy (non-hydrogen) atoms. The molecule has 0 bridgehead atoms. The molecule has 11 nitrogen and oxygen atoms in total. The first-order valence-corrected chi connectivity index (χ1v) is 8.55. The van der Waals surface area contributed by atoms with E-state index < -0.39 is 10.8 Å². The third kappa shape index (κ3) is 4.54. The fraction of sp³-hybridized carbons (Fsp3) is 0.0625. The highest BCUT2D eigenvalue weighted by molar-refractivity contribution is 9.10. The lowest BCUT2D eigenvalue weighted by atomic mass is 10.2. The molecule has 0 aliphatic rings. The number of non-ortho nitro benzene ring substituents is 1. The number of nitrogens with zero attached hydrogens (tertiary/aromatic N) is 6. The molecule has 0 fully saturated rings. The number of halogens is 1. The number of nitrogens with one attached hydrogen (secondary N) is 1. The molecule has 2 aromatic carbocycles. The summed E-state index contributed by atoms with van der Waals surface area (Å²) in [6, 6.07) is 11.4. The van der Waals surface area contributed by atoms with Crippen LogP contribution in [0.5, 0.6) is 5.75 Å². The van der Waals surface area contributed by atoms with Crippen molar-refractivity contribution in [3.05, 3.63) is 62.6 Å². The Balaban J connectivity index is 1.64. The van der Waals surface area contributed by atoms with Crippen molar-refractivity contribution in [2.45, 2.75) is 6.54 Å². The molecule has 1 heterocycles. The number of nitro benzene ring substituents is 1. The quantitative estimate of drug-likeness (QED) is 0.334. The molecule has 3 aromatic rings. The van der Waals surface area contributed by atoms with Gasteiger partial charge < -0.3 is 5.11 Å². The number of benzene rings is 2. The van der Waals surface area contributed by atoms with Crippen LogP contribution in [0.25, 0.3) is 11.4 Å². The molecule has 2 N–H and O–H groups in total. The van der Waals surface area contributed by atoms with Gasteiger partial charge in [0.25, 0.3) is 11.6 Å². The first-order valence-electron chi connectivity index (χ1n) is 7.76. The second-order valence-corrected chi connectivity index (χ2v) is 6.28. The van der Waals surface area contributed by atoms with Gasteiger partial charge in [-0.05, 0) is 21.1 Å². The molecular formula is C16H12BrN7O4. The number of rotatable bonds is 6. The van der Waals surface area contributed by atoms with Crippen molar-refractivity contribution in [3.8, 4) is 17.1 Å². The third-order valence-corrected chi connectivity index (χ3v) is 4.06. The molecular weight excluding hydrogens is 434 g/mol. The standard InChI is InChI=1S/C16H12BrN7O4/c17-13-7-12(24(27)28)6-11(15(13)26)8-18-19-14(25)9-23-21-16(20-22-23)10-4-2-1-3-5-10/h1-8,26H,9H2,(H,19,25)/b18-8-. The van der Waals surface area contributed by atoms with E-state index in [-0.39, 0.29) is 28.0 Å². The van der Waals surface area contributed by atoms with E-state index >= 15 is 0 Å². The number of hydrogen-bond acceptors (Lipinski definition) is 8. The molecule has 0 radical (unpaired) electrons. The molecule has 0 spiro atoms. The maximum absolute atomic E-state index is 11.9. The molecule has 0 saturated heterocycles. The van der Waals surface area contributed by atoms with Crippen LogP contribution in [0.3, 0.4) is 0 Å². The number of tetrazole rings is 1. The van der Waals surface area contributed by atoms with Gasteiger partial charge in [0, 0.05) is 23.3 Å². The number of carbonyl (C=O) groups is 1. The molecule has 3 rings (SSSR count). The second kappa shape index (κ2) is 8.35. The molecule has 142 valence electrons. The van der Waals surface area contributed by atoms with Gasteiger partial charge in [0.15, 0.2) is 0 Å². The summed E-state index contributed by atoms with van der Waals surface area (Å²) in [6.45, 7) is -0.234. The van der Waals surface area contributed by atoms with Crippen molar-refractivity contribution in [2.75, 3.05) is 0 Å². The van der Waals surface area contributed by atoms with Gasteiger partial charge in [-0.3, -0.25) is 14.9 Å². The third-order valence-electron chi connectivity index (χ3n) is 3.45. The van der Waals surface area contributed by atoms with Crippen molar-refractivity contribution in [1.29, 1.82) is 0 Å². The zero-order valence-corrected chi connectivity index (χ0v) is 15.6. The number of carbonyl (C=O) groups excluding carboxylic acids is 1. The summed E-state index contributed by atoms with van der Waals surface area (Å²) in [7, 11) is 0. The van der Waals surface area contributed by atoms with Crippen molar-refractivity contribution in [3.63, 3.8) is 0 Å². The highest BCUT2D eigenvalue weighted by atomic mass is 79.9. The van der Waals surface area contributed by atoms with Gasteiger partial charge in [-0.15, -0.1) is 10.2 Å². The first kappa shape index (κ1) is 19.1. The Kier molecular flexibility index (Phi) is 5.69. The summed E-state index contributed by atoms with van der Waals surface area (Å²) in [4.78, 5) is 23.3. The van der Waals surface area contributed by atoms with Crippen LogP contribution in [-0.2, 0) is 11.3 Å². The maximum atomic E-state index is 11.9. The van der Waals surface area contributed by atoms with Crippen LogP contribution >= 0.6 is 15.9 Å². The Morgan fingerprint density at radius 1 is 1.36 bits per heavy atom. The Morgan fingerprint density at radius 3 is 2.82 bits per heavy atom. The largest absolute Gasteiger partial charge is 0.506 e. The summed E-state index contributed by atoms with van der Waals surface area (Å²) >= 11 is 3.02. The predicted molar refractivity (Wildman–Crippen MR) is 101 cm³/mol. The predicted octanol–water partition coefficient (Wildman–Crippen LogP) is 1.87. The van der Waals surface area contributed by atoms with Gasteiger partial charge in [-0.25, -0.2) is 5.43 Å². The van der Waals surface area contributed by atoms with E-state index in [1.54, 1.807) is 0 Å². The van der Waals surface area contributed by atoms with E-state index in [1.807, 2.05) is 30.3 Å². The van der Waals surface area contributed by atoms with Crippen molar-refractivity contribution in [1.82, 2.24) is 25.6 Å². The zero-order valence-electron chi connectivity index (χ0n) is 14.1. The molecule has 0 unspecified atom stereocenters. The number of hydrazone groups is 1. The number of nitro groups is 1. The fourth-order valence-electron chi connectivity index (χ4n) is 2.16. The molecule has 0 atom stereocenters. The van der Waals surface area contributed by atoms with E-state index in [9.17, 15) is 20.0 Å². The Labute approximate surface area is 166 Å². The minimum absolute atomic E-state index is 0.0617. The second-order valence-electron chi connectivity index (χ2n) is 5.43. The van der Waals surface area contributed by atoms with Crippen LogP contribution < -0.4 is 5.43 Å². The smallest absolute Gasteiger partial charge is 0.271 e. The minimum Gasteiger partial charge on any atom is -0.506 e. The number of phenolic OH excluding ortho intramolecular Hbond substituents is 1. The van der Waals surface area contributed by atoms with Gasteiger partial charge in [0.05, 0.1) is 15.6 Å². The van der Waals surface area contributed by atoms with E-state index in [0.717, 1.165) is 28.7 Å². The lowest BCUT2D eigenvalue weighted by molar-refractivity contribution is -0.385. The summed E-state index contributed by atoms with van der Waals surface area (Å²) in [5, 5.41) is 36.2. The average Bonchev–Trinajstić information content (AvgIpc) is 3.14. The molecule has 0 aliphatic heterocycles. The topological polar surface area (TPSA) is 148 Å². The Morgan fingerprint density at radius 2 is 2.11 bits per heavy atom. The summed E-state index contributed by atoms with van der Waals surface area (Å²) in [5.41, 5.74) is 2.82. The molecule has 0 saturated carbocycles. The van der Waals surface area contributed by atoms with E-state index in [4.69, 9.17) is 0 Å². The van der Waals surface area contributed by atoms with Crippen LogP contribution in [0, 0.1) is 10.1 Å². The lowest BCUT2D eigenvalue weighted by Crippen LogP contribution is -2.24. The van der Waals surface area contributed by atoms with Gasteiger partial charge in [-0.1, -0.05) is 30.3 Å². The number of aromatic nitrogens is 4. The van der Waals surface area contributed by atoms with Crippen LogP contribution in [0.2, 0.25) is 0 Å². The minimum atomic E-state index is -0.610. The van der Waals surface area contributed by atoms with Crippen molar-refractivity contribution >= 4 is 33.7 Å².